The van der Waals surface area contributed by atoms with Crippen LogP contribution in [-0.4, -0.2) is 77.5 Å². The second-order valence-electron chi connectivity index (χ2n) is 9.58. The quantitative estimate of drug-likeness (QED) is 0.589. The molecule has 0 aliphatic carbocycles. The summed E-state index contributed by atoms with van der Waals surface area (Å²) in [6.45, 7) is 7.68. The molecule has 1 N–H and O–H groups in total. The zero-order chi connectivity index (χ0) is 26.5. The maximum Gasteiger partial charge on any atom is 0.273 e. The van der Waals surface area contributed by atoms with E-state index in [4.69, 9.17) is 4.74 Å². The first-order valence-electron chi connectivity index (χ1n) is 12.0. The molecule has 36 heavy (non-hydrogen) atoms. The van der Waals surface area contributed by atoms with Crippen LogP contribution in [0.3, 0.4) is 0 Å². The van der Waals surface area contributed by atoms with Crippen LogP contribution in [0.25, 0.3) is 0 Å². The van der Waals surface area contributed by atoms with Gasteiger partial charge < -0.3 is 14.7 Å². The van der Waals surface area contributed by atoms with Crippen LogP contribution in [0.4, 0.5) is 0 Å². The third kappa shape index (κ3) is 6.40. The maximum atomic E-state index is 13.6. The summed E-state index contributed by atoms with van der Waals surface area (Å²) >= 11 is 0. The first-order chi connectivity index (χ1) is 17.0. The Morgan fingerprint density at radius 3 is 2.69 bits per heavy atom. The fraction of sp³-hybridized carbons (Fsp3) is 0.500. The minimum absolute atomic E-state index is 0.0111. The Bertz CT molecular complexity index is 1220. The predicted octanol–water partition coefficient (Wildman–Crippen LogP) is 2.42. The smallest absolute Gasteiger partial charge is 0.273 e. The zero-order valence-corrected chi connectivity index (χ0v) is 22.2. The third-order valence-corrected chi connectivity index (χ3v) is 8.01. The molecule has 0 unspecified atom stereocenters. The predicted molar refractivity (Wildman–Crippen MR) is 136 cm³/mol. The molecule has 0 bridgehead atoms. The fourth-order valence-corrected chi connectivity index (χ4v) is 5.66. The summed E-state index contributed by atoms with van der Waals surface area (Å²) < 4.78 is 34.8. The van der Waals surface area contributed by atoms with Crippen molar-refractivity contribution >= 4 is 15.9 Å². The summed E-state index contributed by atoms with van der Waals surface area (Å²) in [5.74, 6) is 6.18. The fourth-order valence-electron chi connectivity index (χ4n) is 3.84. The monoisotopic (exact) mass is 514 g/mol. The highest BCUT2D eigenvalue weighted by molar-refractivity contribution is 7.89. The number of hydrogen-bond acceptors (Lipinski definition) is 7. The molecular weight excluding hydrogens is 480 g/mol. The van der Waals surface area contributed by atoms with Crippen LogP contribution in [-0.2, 0) is 10.0 Å². The van der Waals surface area contributed by atoms with Crippen molar-refractivity contribution in [2.75, 3.05) is 26.7 Å². The van der Waals surface area contributed by atoms with Crippen LogP contribution in [0.5, 0.6) is 5.75 Å². The third-order valence-electron chi connectivity index (χ3n) is 5.99. The van der Waals surface area contributed by atoms with Gasteiger partial charge in [-0.2, -0.15) is 4.31 Å². The standard InChI is InChI=1S/C26H34N4O5S/c1-18(2)7-6-8-21-9-10-25-23(13-21)35-24(16-29(5)26(32)22-14-27-11-12-28-22)19(3)15-30(20(4)17-31)36(25,33)34/h9-14,18-20,24,31H,7,15-17H2,1-5H3/t19-,20+,24-/m0/s1. The summed E-state index contributed by atoms with van der Waals surface area (Å²) in [5.41, 5.74) is 0.849. The molecule has 1 aliphatic heterocycles. The van der Waals surface area contributed by atoms with Crippen molar-refractivity contribution in [1.82, 2.24) is 19.2 Å². The van der Waals surface area contributed by atoms with Crippen molar-refractivity contribution in [3.8, 4) is 17.6 Å². The molecular formula is C26H34N4O5S. The van der Waals surface area contributed by atoms with Gasteiger partial charge in [0.2, 0.25) is 10.0 Å². The topological polar surface area (TPSA) is 113 Å². The maximum absolute atomic E-state index is 13.6. The van der Waals surface area contributed by atoms with Gasteiger partial charge in [-0.05, 0) is 31.0 Å². The second kappa shape index (κ2) is 11.8. The molecule has 0 spiro atoms. The van der Waals surface area contributed by atoms with Crippen LogP contribution >= 0.6 is 0 Å². The van der Waals surface area contributed by atoms with Gasteiger partial charge in [0.25, 0.3) is 5.91 Å². The number of carbonyl (C=O) groups excluding carboxylic acids is 1. The van der Waals surface area contributed by atoms with E-state index in [1.165, 1.54) is 33.9 Å². The Morgan fingerprint density at radius 2 is 2.06 bits per heavy atom. The molecule has 3 atom stereocenters. The Kier molecular flexibility index (Phi) is 9.06. The van der Waals surface area contributed by atoms with Crippen molar-refractivity contribution in [3.63, 3.8) is 0 Å². The molecule has 10 heteroatoms. The average Bonchev–Trinajstić information content (AvgIpc) is 2.85. The first kappa shape index (κ1) is 27.6. The number of likely N-dealkylation sites (N-methyl/N-ethyl adjacent to an activating group) is 1. The van der Waals surface area contributed by atoms with Crippen molar-refractivity contribution in [1.29, 1.82) is 0 Å². The number of aliphatic hydroxyl groups excluding tert-OH is 1. The Morgan fingerprint density at radius 1 is 1.31 bits per heavy atom. The lowest BCUT2D eigenvalue weighted by Gasteiger charge is -2.37. The van der Waals surface area contributed by atoms with E-state index in [-0.39, 0.29) is 47.9 Å². The van der Waals surface area contributed by atoms with Gasteiger partial charge in [-0.3, -0.25) is 9.78 Å². The number of ether oxygens (including phenoxy) is 1. The lowest BCUT2D eigenvalue weighted by Crippen LogP contribution is -2.50. The van der Waals surface area contributed by atoms with Crippen LogP contribution in [0.1, 0.15) is 50.2 Å². The van der Waals surface area contributed by atoms with Gasteiger partial charge in [0.1, 0.15) is 22.4 Å². The highest BCUT2D eigenvalue weighted by atomic mass is 32.2. The zero-order valence-electron chi connectivity index (χ0n) is 21.4. The van der Waals surface area contributed by atoms with Crippen molar-refractivity contribution < 1.29 is 23.1 Å². The highest BCUT2D eigenvalue weighted by Gasteiger charge is 2.38. The SMILES string of the molecule is CC(C)CC#Cc1ccc2c(c1)O[C@@H](CN(C)C(=O)c1cnccn1)[C@@H](C)CN([C@H](C)CO)S2(=O)=O. The molecule has 0 radical (unpaired) electrons. The van der Waals surface area contributed by atoms with E-state index in [0.717, 1.165) is 0 Å². The molecule has 194 valence electrons. The highest BCUT2D eigenvalue weighted by Crippen LogP contribution is 2.34. The molecule has 0 saturated heterocycles. The molecule has 2 heterocycles. The summed E-state index contributed by atoms with van der Waals surface area (Å²) in [6, 6.07) is 4.17. The molecule has 3 rings (SSSR count). The number of carbonyl (C=O) groups is 1. The van der Waals surface area contributed by atoms with E-state index in [1.54, 1.807) is 26.1 Å². The molecule has 1 aromatic carbocycles. The number of fused-ring (bicyclic) bond motifs is 1. The van der Waals surface area contributed by atoms with Gasteiger partial charge in [0.15, 0.2) is 0 Å². The van der Waals surface area contributed by atoms with Crippen LogP contribution < -0.4 is 4.74 Å². The molecule has 0 fully saturated rings. The number of aromatic nitrogens is 2. The van der Waals surface area contributed by atoms with Crippen molar-refractivity contribution in [2.45, 2.75) is 51.2 Å². The number of hydrogen-bond donors (Lipinski definition) is 1. The van der Waals surface area contributed by atoms with Crippen molar-refractivity contribution in [2.24, 2.45) is 11.8 Å². The number of amides is 1. The van der Waals surface area contributed by atoms with E-state index in [1.807, 2.05) is 6.92 Å². The van der Waals surface area contributed by atoms with Gasteiger partial charge in [-0.15, -0.1) is 0 Å². The van der Waals surface area contributed by atoms with Gasteiger partial charge in [-0.1, -0.05) is 32.6 Å². The van der Waals surface area contributed by atoms with E-state index in [0.29, 0.717) is 17.9 Å². The van der Waals surface area contributed by atoms with Crippen molar-refractivity contribution in [3.05, 3.63) is 48.0 Å². The summed E-state index contributed by atoms with van der Waals surface area (Å²) in [5, 5.41) is 9.79. The van der Waals surface area contributed by atoms with Crippen LogP contribution in [0.15, 0.2) is 41.7 Å². The van der Waals surface area contributed by atoms with Crippen LogP contribution in [0.2, 0.25) is 0 Å². The Labute approximate surface area is 213 Å². The normalized spacial score (nSPS) is 20.2. The summed E-state index contributed by atoms with van der Waals surface area (Å²) in [6.07, 6.45) is 4.53. The largest absolute Gasteiger partial charge is 0.487 e. The summed E-state index contributed by atoms with van der Waals surface area (Å²) in [4.78, 5) is 22.4. The van der Waals surface area contributed by atoms with Gasteiger partial charge >= 0.3 is 0 Å². The number of aliphatic hydroxyl groups is 1. The first-order valence-corrected chi connectivity index (χ1v) is 13.4. The molecule has 1 amide bonds. The minimum atomic E-state index is -3.95. The van der Waals surface area contributed by atoms with Crippen LogP contribution in [0, 0.1) is 23.7 Å². The van der Waals surface area contributed by atoms with Gasteiger partial charge in [0.05, 0.1) is 19.3 Å². The lowest BCUT2D eigenvalue weighted by molar-refractivity contribution is 0.0559. The summed E-state index contributed by atoms with van der Waals surface area (Å²) in [7, 11) is -2.30. The lowest BCUT2D eigenvalue weighted by atomic mass is 10.0. The molecule has 9 nitrogen and oxygen atoms in total. The number of benzene rings is 1. The van der Waals surface area contributed by atoms with Gasteiger partial charge in [-0.25, -0.2) is 13.4 Å². The molecule has 2 aromatic rings. The molecule has 0 saturated carbocycles. The number of nitrogens with zero attached hydrogens (tertiary/aromatic N) is 4. The Balaban J connectivity index is 2.00. The second-order valence-corrected chi connectivity index (χ2v) is 11.4. The number of sulfonamides is 1. The van der Waals surface area contributed by atoms with E-state index < -0.39 is 22.2 Å². The molecule has 1 aliphatic rings. The Hall–Kier alpha value is -3.00. The van der Waals surface area contributed by atoms with E-state index in [2.05, 4.69) is 35.7 Å². The average molecular weight is 515 g/mol. The van der Waals surface area contributed by atoms with Gasteiger partial charge in [0, 0.05) is 49.9 Å². The van der Waals surface area contributed by atoms with E-state index >= 15 is 0 Å². The number of rotatable bonds is 6. The minimum Gasteiger partial charge on any atom is -0.487 e. The molecule has 1 aromatic heterocycles. The van der Waals surface area contributed by atoms with E-state index in [9.17, 15) is 18.3 Å².